The Bertz CT molecular complexity index is 926. The predicted octanol–water partition coefficient (Wildman–Crippen LogP) is 4.87. The largest absolute Gasteiger partial charge is 0.372 e. The average molecular weight is 428 g/mol. The van der Waals surface area contributed by atoms with Gasteiger partial charge in [-0.15, -0.1) is 0 Å². The van der Waals surface area contributed by atoms with Crippen molar-refractivity contribution < 1.29 is 4.79 Å². The Balaban J connectivity index is 1.33. The molecule has 3 heterocycles. The van der Waals surface area contributed by atoms with Crippen LogP contribution in [-0.4, -0.2) is 57.0 Å². The Morgan fingerprint density at radius 1 is 0.625 bits per heavy atom. The lowest BCUT2D eigenvalue weighted by Gasteiger charge is -2.26. The average Bonchev–Trinajstić information content (AvgIpc) is 3.53. The molecule has 4 nitrogen and oxygen atoms in total. The first kappa shape index (κ1) is 21.0. The van der Waals surface area contributed by atoms with E-state index in [1.54, 1.807) is 0 Å². The number of benzene rings is 2. The number of carbonyl (C=O) groups is 1. The fraction of sp³-hybridized carbons (Fsp3) is 0.393. The third-order valence-corrected chi connectivity index (χ3v) is 6.87. The van der Waals surface area contributed by atoms with E-state index in [-0.39, 0.29) is 5.78 Å². The lowest BCUT2D eigenvalue weighted by Crippen LogP contribution is -2.34. The Labute approximate surface area is 191 Å². The second-order valence-corrected chi connectivity index (χ2v) is 9.41. The normalized spacial score (nSPS) is 22.5. The van der Waals surface area contributed by atoms with Crippen LogP contribution in [0.15, 0.2) is 59.7 Å². The summed E-state index contributed by atoms with van der Waals surface area (Å²) in [6.07, 6.45) is 9.25. The minimum atomic E-state index is 0.176. The third kappa shape index (κ3) is 4.66. The SMILES string of the molecule is CN1C/C(=C\c2ccc(N3CCCC3)cc2)C(=O)/C(=C/c2ccc(N3CCCC3)cc2)C1. The van der Waals surface area contributed by atoms with E-state index in [9.17, 15) is 4.79 Å². The van der Waals surface area contributed by atoms with Gasteiger partial charge in [0.2, 0.25) is 0 Å². The highest BCUT2D eigenvalue weighted by atomic mass is 16.1. The highest BCUT2D eigenvalue weighted by molar-refractivity contribution is 6.14. The maximum Gasteiger partial charge on any atom is 0.187 e. The van der Waals surface area contributed by atoms with Gasteiger partial charge in [0.05, 0.1) is 0 Å². The summed E-state index contributed by atoms with van der Waals surface area (Å²) in [6.45, 7) is 5.98. The van der Waals surface area contributed by atoms with E-state index in [1.807, 2.05) is 0 Å². The minimum absolute atomic E-state index is 0.176. The molecule has 4 heteroatoms. The predicted molar refractivity (Wildman–Crippen MR) is 134 cm³/mol. The monoisotopic (exact) mass is 427 g/mol. The van der Waals surface area contributed by atoms with Gasteiger partial charge >= 0.3 is 0 Å². The molecule has 3 fully saturated rings. The Hall–Kier alpha value is -2.85. The highest BCUT2D eigenvalue weighted by Gasteiger charge is 2.24. The van der Waals surface area contributed by atoms with E-state index in [0.717, 1.165) is 48.5 Å². The number of ketones is 1. The van der Waals surface area contributed by atoms with Gasteiger partial charge in [0, 0.05) is 61.8 Å². The van der Waals surface area contributed by atoms with Crippen molar-refractivity contribution in [3.05, 3.63) is 70.8 Å². The van der Waals surface area contributed by atoms with Crippen LogP contribution in [-0.2, 0) is 4.79 Å². The van der Waals surface area contributed by atoms with Crippen LogP contribution in [0.2, 0.25) is 0 Å². The first-order valence-electron chi connectivity index (χ1n) is 12.0. The summed E-state index contributed by atoms with van der Waals surface area (Å²) in [5, 5.41) is 0. The molecule has 0 spiro atoms. The van der Waals surface area contributed by atoms with E-state index < -0.39 is 0 Å². The fourth-order valence-electron chi connectivity index (χ4n) is 5.13. The number of anilines is 2. The molecular formula is C28H33N3O. The molecule has 166 valence electrons. The molecule has 0 unspecified atom stereocenters. The number of hydrogen-bond donors (Lipinski definition) is 0. The molecule has 3 saturated heterocycles. The fourth-order valence-corrected chi connectivity index (χ4v) is 5.13. The lowest BCUT2D eigenvalue weighted by atomic mass is 9.94. The number of Topliss-reactive ketones (excluding diaryl/α,β-unsaturated/α-hetero) is 1. The molecule has 0 N–H and O–H groups in total. The van der Waals surface area contributed by atoms with Crippen LogP contribution in [0.1, 0.15) is 36.8 Å². The molecule has 0 bridgehead atoms. The van der Waals surface area contributed by atoms with Crippen molar-refractivity contribution in [2.24, 2.45) is 0 Å². The number of piperidine rings is 1. The minimum Gasteiger partial charge on any atom is -0.372 e. The van der Waals surface area contributed by atoms with Crippen LogP contribution in [0.4, 0.5) is 11.4 Å². The summed E-state index contributed by atoms with van der Waals surface area (Å²) >= 11 is 0. The van der Waals surface area contributed by atoms with Crippen LogP contribution in [0.3, 0.4) is 0 Å². The van der Waals surface area contributed by atoms with Crippen LogP contribution in [0.5, 0.6) is 0 Å². The molecule has 0 amide bonds. The van der Waals surface area contributed by atoms with Crippen molar-refractivity contribution in [3.8, 4) is 0 Å². The quantitative estimate of drug-likeness (QED) is 0.651. The van der Waals surface area contributed by atoms with E-state index >= 15 is 0 Å². The van der Waals surface area contributed by atoms with Crippen LogP contribution in [0, 0.1) is 0 Å². The third-order valence-electron chi connectivity index (χ3n) is 6.87. The van der Waals surface area contributed by atoms with E-state index in [1.165, 1.54) is 37.1 Å². The van der Waals surface area contributed by atoms with E-state index in [0.29, 0.717) is 13.1 Å². The maximum atomic E-state index is 13.3. The summed E-state index contributed by atoms with van der Waals surface area (Å²) in [5.74, 6) is 0.176. The number of hydrogen-bond acceptors (Lipinski definition) is 4. The van der Waals surface area contributed by atoms with Crippen molar-refractivity contribution in [3.63, 3.8) is 0 Å². The first-order chi connectivity index (χ1) is 15.7. The zero-order valence-corrected chi connectivity index (χ0v) is 19.1. The summed E-state index contributed by atoms with van der Waals surface area (Å²) in [7, 11) is 2.08. The molecule has 2 aromatic rings. The molecule has 0 aromatic heterocycles. The molecule has 0 aliphatic carbocycles. The molecular weight excluding hydrogens is 394 g/mol. The van der Waals surface area contributed by atoms with Crippen molar-refractivity contribution >= 4 is 29.3 Å². The van der Waals surface area contributed by atoms with Gasteiger partial charge in [-0.25, -0.2) is 0 Å². The van der Waals surface area contributed by atoms with Crippen LogP contribution < -0.4 is 9.80 Å². The van der Waals surface area contributed by atoms with Crippen molar-refractivity contribution in [2.45, 2.75) is 25.7 Å². The van der Waals surface area contributed by atoms with E-state index in [4.69, 9.17) is 0 Å². The Kier molecular flexibility index (Phi) is 6.13. The smallest absolute Gasteiger partial charge is 0.187 e. The second-order valence-electron chi connectivity index (χ2n) is 9.41. The summed E-state index contributed by atoms with van der Waals surface area (Å²) in [6, 6.07) is 17.3. The summed E-state index contributed by atoms with van der Waals surface area (Å²) < 4.78 is 0. The van der Waals surface area contributed by atoms with Gasteiger partial charge in [-0.05, 0) is 80.3 Å². The zero-order chi connectivity index (χ0) is 21.9. The molecule has 2 aromatic carbocycles. The first-order valence-corrected chi connectivity index (χ1v) is 12.0. The zero-order valence-electron chi connectivity index (χ0n) is 19.1. The number of likely N-dealkylation sites (N-methyl/N-ethyl adjacent to an activating group) is 1. The topological polar surface area (TPSA) is 26.8 Å². The van der Waals surface area contributed by atoms with Gasteiger partial charge in [0.1, 0.15) is 0 Å². The number of likely N-dealkylation sites (tertiary alicyclic amines) is 1. The molecule has 3 aliphatic rings. The van der Waals surface area contributed by atoms with Gasteiger partial charge in [0.15, 0.2) is 5.78 Å². The summed E-state index contributed by atoms with van der Waals surface area (Å²) in [5.41, 5.74) is 6.51. The van der Waals surface area contributed by atoms with Crippen LogP contribution in [0.25, 0.3) is 12.2 Å². The molecule has 5 rings (SSSR count). The molecule has 3 aliphatic heterocycles. The standard InChI is InChI=1S/C28H33N3O/c1-29-20-24(18-22-6-10-26(11-7-22)30-14-2-3-15-30)28(32)25(21-29)19-23-8-12-27(13-9-23)31-16-4-5-17-31/h6-13,18-19H,2-5,14-17,20-21H2,1H3/b24-18+,25-19+. The number of nitrogens with zero attached hydrogens (tertiary/aromatic N) is 3. The Morgan fingerprint density at radius 3 is 1.38 bits per heavy atom. The molecule has 0 atom stereocenters. The molecule has 32 heavy (non-hydrogen) atoms. The lowest BCUT2D eigenvalue weighted by molar-refractivity contribution is -0.113. The highest BCUT2D eigenvalue weighted by Crippen LogP contribution is 2.25. The van der Waals surface area contributed by atoms with Gasteiger partial charge in [-0.2, -0.15) is 0 Å². The van der Waals surface area contributed by atoms with Gasteiger partial charge in [-0.1, -0.05) is 24.3 Å². The van der Waals surface area contributed by atoms with Crippen molar-refractivity contribution in [1.29, 1.82) is 0 Å². The molecule has 0 saturated carbocycles. The van der Waals surface area contributed by atoms with Crippen molar-refractivity contribution in [2.75, 3.05) is 56.1 Å². The van der Waals surface area contributed by atoms with Gasteiger partial charge < -0.3 is 9.80 Å². The summed E-state index contributed by atoms with van der Waals surface area (Å²) in [4.78, 5) is 20.3. The van der Waals surface area contributed by atoms with Gasteiger partial charge in [0.25, 0.3) is 0 Å². The van der Waals surface area contributed by atoms with Gasteiger partial charge in [-0.3, -0.25) is 9.69 Å². The van der Waals surface area contributed by atoms with Crippen molar-refractivity contribution in [1.82, 2.24) is 4.90 Å². The number of rotatable bonds is 4. The van der Waals surface area contributed by atoms with Crippen LogP contribution >= 0.6 is 0 Å². The number of carbonyl (C=O) groups excluding carboxylic acids is 1. The second kappa shape index (κ2) is 9.33. The Morgan fingerprint density at radius 2 is 1.00 bits per heavy atom. The van der Waals surface area contributed by atoms with E-state index in [2.05, 4.69) is 82.4 Å². The molecule has 0 radical (unpaired) electrons. The maximum absolute atomic E-state index is 13.3.